The van der Waals surface area contributed by atoms with Crippen LogP contribution in [-0.2, 0) is 16.1 Å². The number of rotatable bonds is 7. The maximum absolute atomic E-state index is 12.3. The van der Waals surface area contributed by atoms with E-state index in [1.807, 2.05) is 66.4 Å². The van der Waals surface area contributed by atoms with Crippen molar-refractivity contribution in [1.29, 1.82) is 0 Å². The van der Waals surface area contributed by atoms with Crippen LogP contribution < -0.4 is 16.0 Å². The van der Waals surface area contributed by atoms with Crippen molar-refractivity contribution in [2.45, 2.75) is 26.4 Å². The average molecular weight is 382 g/mol. The maximum atomic E-state index is 12.3. The smallest absolute Gasteiger partial charge is 0.321 e. The highest BCUT2D eigenvalue weighted by Gasteiger charge is 2.20. The first-order valence-corrected chi connectivity index (χ1v) is 9.06. The Kier molecular flexibility index (Phi) is 7.71. The van der Waals surface area contributed by atoms with E-state index in [2.05, 4.69) is 16.0 Å². The van der Waals surface area contributed by atoms with Gasteiger partial charge in [0.2, 0.25) is 11.8 Å². The fourth-order valence-corrected chi connectivity index (χ4v) is 2.85. The van der Waals surface area contributed by atoms with E-state index in [1.54, 1.807) is 0 Å². The number of benzene rings is 2. The molecular formula is C21H26N4O3. The number of carbonyl (C=O) groups excluding carboxylic acids is 3. The van der Waals surface area contributed by atoms with Gasteiger partial charge in [0.15, 0.2) is 0 Å². The summed E-state index contributed by atoms with van der Waals surface area (Å²) in [5.74, 6) is -0.531. The molecule has 0 aliphatic carbocycles. The summed E-state index contributed by atoms with van der Waals surface area (Å²) in [7, 11) is 1.46. The molecule has 3 N–H and O–H groups in total. The minimum atomic E-state index is -0.537. The predicted molar refractivity (Wildman–Crippen MR) is 109 cm³/mol. The zero-order chi connectivity index (χ0) is 20.5. The molecule has 148 valence electrons. The largest absolute Gasteiger partial charge is 0.341 e. The van der Waals surface area contributed by atoms with Crippen LogP contribution in [0.3, 0.4) is 0 Å². The lowest BCUT2D eigenvalue weighted by molar-refractivity contribution is -0.121. The van der Waals surface area contributed by atoms with Crippen LogP contribution in [0.15, 0.2) is 54.6 Å². The quantitative estimate of drug-likeness (QED) is 0.687. The summed E-state index contributed by atoms with van der Waals surface area (Å²) in [4.78, 5) is 37.0. The molecule has 1 atom stereocenters. The highest BCUT2D eigenvalue weighted by atomic mass is 16.2. The fraction of sp³-hybridized carbons (Fsp3) is 0.286. The third-order valence-electron chi connectivity index (χ3n) is 4.29. The van der Waals surface area contributed by atoms with Gasteiger partial charge in [-0.05, 0) is 30.2 Å². The zero-order valence-electron chi connectivity index (χ0n) is 16.4. The molecule has 0 heterocycles. The summed E-state index contributed by atoms with van der Waals surface area (Å²) in [6.45, 7) is 4.03. The first-order chi connectivity index (χ1) is 13.4. The zero-order valence-corrected chi connectivity index (χ0v) is 16.4. The Hall–Kier alpha value is -3.19. The number of nitrogens with one attached hydrogen (secondary N) is 3. The summed E-state index contributed by atoms with van der Waals surface area (Å²) < 4.78 is 0. The number of hydrogen-bond donors (Lipinski definition) is 3. The summed E-state index contributed by atoms with van der Waals surface area (Å²) in [5.41, 5.74) is 2.71. The van der Waals surface area contributed by atoms with Gasteiger partial charge in [0.05, 0.1) is 6.54 Å². The molecule has 0 saturated carbocycles. The summed E-state index contributed by atoms with van der Waals surface area (Å²) >= 11 is 0. The number of imide groups is 1. The SMILES string of the molecule is CNC(=O)NC(=O)CN(Cc1ccccc1)C(C)c1cccc(NC(C)=O)c1. The van der Waals surface area contributed by atoms with Gasteiger partial charge in [0, 0.05) is 32.2 Å². The van der Waals surface area contributed by atoms with Crippen molar-refractivity contribution in [2.24, 2.45) is 0 Å². The van der Waals surface area contributed by atoms with E-state index >= 15 is 0 Å². The van der Waals surface area contributed by atoms with Crippen molar-refractivity contribution in [3.63, 3.8) is 0 Å². The third kappa shape index (κ3) is 6.51. The van der Waals surface area contributed by atoms with Crippen molar-refractivity contribution in [1.82, 2.24) is 15.5 Å². The van der Waals surface area contributed by atoms with Crippen LogP contribution >= 0.6 is 0 Å². The average Bonchev–Trinajstić information content (AvgIpc) is 2.67. The number of nitrogens with zero attached hydrogens (tertiary/aromatic N) is 1. The fourth-order valence-electron chi connectivity index (χ4n) is 2.85. The number of urea groups is 1. The molecule has 2 aromatic carbocycles. The summed E-state index contributed by atoms with van der Waals surface area (Å²) in [5, 5.41) is 7.45. The Morgan fingerprint density at radius 2 is 1.75 bits per heavy atom. The van der Waals surface area contributed by atoms with E-state index in [1.165, 1.54) is 14.0 Å². The topological polar surface area (TPSA) is 90.5 Å². The Morgan fingerprint density at radius 1 is 1.04 bits per heavy atom. The van der Waals surface area contributed by atoms with E-state index in [9.17, 15) is 14.4 Å². The van der Waals surface area contributed by atoms with Crippen molar-refractivity contribution in [3.05, 3.63) is 65.7 Å². The predicted octanol–water partition coefficient (Wildman–Crippen LogP) is 2.66. The molecule has 0 spiro atoms. The normalized spacial score (nSPS) is 11.6. The van der Waals surface area contributed by atoms with Crippen LogP contribution in [0.2, 0.25) is 0 Å². The van der Waals surface area contributed by atoms with Crippen LogP contribution in [0.1, 0.15) is 31.0 Å². The molecule has 0 aliphatic rings. The van der Waals surface area contributed by atoms with Gasteiger partial charge in [0.25, 0.3) is 0 Å². The highest BCUT2D eigenvalue weighted by Crippen LogP contribution is 2.24. The van der Waals surface area contributed by atoms with Crippen LogP contribution in [0, 0.1) is 0 Å². The molecule has 0 bridgehead atoms. The first kappa shape index (κ1) is 21.1. The minimum Gasteiger partial charge on any atom is -0.341 e. The Labute approximate surface area is 165 Å². The highest BCUT2D eigenvalue weighted by molar-refractivity contribution is 5.95. The monoisotopic (exact) mass is 382 g/mol. The van der Waals surface area contributed by atoms with Gasteiger partial charge in [-0.2, -0.15) is 0 Å². The van der Waals surface area contributed by atoms with Crippen LogP contribution in [0.25, 0.3) is 0 Å². The Morgan fingerprint density at radius 3 is 2.39 bits per heavy atom. The molecule has 7 heteroatoms. The standard InChI is InChI=1S/C21H26N4O3/c1-15(18-10-7-11-19(12-18)23-16(2)26)25(13-17-8-5-4-6-9-17)14-20(27)24-21(28)22-3/h4-12,15H,13-14H2,1-3H3,(H,23,26)(H2,22,24,27,28). The molecule has 2 rings (SSSR count). The second-order valence-corrected chi connectivity index (χ2v) is 6.50. The second kappa shape index (κ2) is 10.2. The molecule has 0 aliphatic heterocycles. The lowest BCUT2D eigenvalue weighted by Gasteiger charge is -2.29. The molecule has 1 unspecified atom stereocenters. The van der Waals surface area contributed by atoms with Gasteiger partial charge in [-0.3, -0.25) is 19.8 Å². The van der Waals surface area contributed by atoms with Gasteiger partial charge in [0.1, 0.15) is 0 Å². The van der Waals surface area contributed by atoms with E-state index in [0.29, 0.717) is 12.2 Å². The van der Waals surface area contributed by atoms with E-state index in [-0.39, 0.29) is 24.4 Å². The molecule has 0 aromatic heterocycles. The van der Waals surface area contributed by atoms with Gasteiger partial charge in [-0.1, -0.05) is 42.5 Å². The third-order valence-corrected chi connectivity index (χ3v) is 4.29. The molecule has 0 radical (unpaired) electrons. The number of carbonyl (C=O) groups is 3. The van der Waals surface area contributed by atoms with Crippen molar-refractivity contribution >= 4 is 23.5 Å². The molecule has 4 amide bonds. The van der Waals surface area contributed by atoms with Crippen molar-refractivity contribution in [3.8, 4) is 0 Å². The lowest BCUT2D eigenvalue weighted by Crippen LogP contribution is -2.43. The van der Waals surface area contributed by atoms with Gasteiger partial charge in [-0.15, -0.1) is 0 Å². The van der Waals surface area contributed by atoms with E-state index in [0.717, 1.165) is 11.1 Å². The lowest BCUT2D eigenvalue weighted by atomic mass is 10.0. The number of anilines is 1. The molecule has 0 saturated heterocycles. The number of amides is 4. The first-order valence-electron chi connectivity index (χ1n) is 9.06. The Balaban J connectivity index is 2.22. The second-order valence-electron chi connectivity index (χ2n) is 6.50. The van der Waals surface area contributed by atoms with Crippen LogP contribution in [-0.4, -0.2) is 36.3 Å². The Bertz CT molecular complexity index is 823. The van der Waals surface area contributed by atoms with Crippen molar-refractivity contribution < 1.29 is 14.4 Å². The molecule has 2 aromatic rings. The van der Waals surface area contributed by atoms with Gasteiger partial charge >= 0.3 is 6.03 Å². The van der Waals surface area contributed by atoms with E-state index < -0.39 is 6.03 Å². The van der Waals surface area contributed by atoms with Crippen LogP contribution in [0.5, 0.6) is 0 Å². The van der Waals surface area contributed by atoms with Gasteiger partial charge in [-0.25, -0.2) is 4.79 Å². The van der Waals surface area contributed by atoms with Crippen LogP contribution in [0.4, 0.5) is 10.5 Å². The minimum absolute atomic E-state index is 0.0494. The summed E-state index contributed by atoms with van der Waals surface area (Å²) in [6, 6.07) is 16.7. The number of hydrogen-bond acceptors (Lipinski definition) is 4. The molecule has 28 heavy (non-hydrogen) atoms. The van der Waals surface area contributed by atoms with Crippen molar-refractivity contribution in [2.75, 3.05) is 18.9 Å². The molecular weight excluding hydrogens is 356 g/mol. The molecule has 0 fully saturated rings. The van der Waals surface area contributed by atoms with Gasteiger partial charge < -0.3 is 10.6 Å². The summed E-state index contributed by atoms with van der Waals surface area (Å²) in [6.07, 6.45) is 0. The molecule has 7 nitrogen and oxygen atoms in total. The maximum Gasteiger partial charge on any atom is 0.321 e. The van der Waals surface area contributed by atoms with E-state index in [4.69, 9.17) is 0 Å².